The van der Waals surface area contributed by atoms with Gasteiger partial charge in [0.1, 0.15) is 5.76 Å². The van der Waals surface area contributed by atoms with Crippen LogP contribution in [-0.4, -0.2) is 5.69 Å². The van der Waals surface area contributed by atoms with E-state index in [9.17, 15) is 0 Å². The molecule has 2 N–H and O–H groups in total. The van der Waals surface area contributed by atoms with E-state index in [1.807, 2.05) is 48.2 Å². The fourth-order valence-electron chi connectivity index (χ4n) is 2.48. The molecule has 1 aliphatic heterocycles. The van der Waals surface area contributed by atoms with Crippen LogP contribution in [0.25, 0.3) is 5.76 Å². The molecule has 21 heavy (non-hydrogen) atoms. The second-order valence-electron chi connectivity index (χ2n) is 5.12. The van der Waals surface area contributed by atoms with Crippen LogP contribution in [0.1, 0.15) is 18.1 Å². The van der Waals surface area contributed by atoms with Crippen LogP contribution >= 0.6 is 11.6 Å². The van der Waals surface area contributed by atoms with Crippen molar-refractivity contribution in [2.24, 2.45) is 0 Å². The van der Waals surface area contributed by atoms with Gasteiger partial charge in [0.05, 0.1) is 17.1 Å². The van der Waals surface area contributed by atoms with E-state index in [4.69, 9.17) is 22.1 Å². The van der Waals surface area contributed by atoms with Crippen molar-refractivity contribution >= 4 is 28.7 Å². The third-order valence-electron chi connectivity index (χ3n) is 3.62. The van der Waals surface area contributed by atoms with Gasteiger partial charge in [0.25, 0.3) is 5.69 Å². The summed E-state index contributed by atoms with van der Waals surface area (Å²) in [5.74, 6) is 0.790. The summed E-state index contributed by atoms with van der Waals surface area (Å²) >= 11 is 6.36. The van der Waals surface area contributed by atoms with Crippen molar-refractivity contribution in [3.05, 3.63) is 65.4 Å². The lowest BCUT2D eigenvalue weighted by molar-refractivity contribution is 0.269. The van der Waals surface area contributed by atoms with Crippen molar-refractivity contribution in [1.82, 2.24) is 0 Å². The standard InChI is InChI=1S/C17H17ClN2O/c1-11-7-9-13(10-8-11)16-12(2)20(17(18)21-16)15-6-4-3-5-14(15)19/h3-10,17H,19H2,1-2H3. The fourth-order valence-corrected chi connectivity index (χ4v) is 2.82. The molecule has 3 nitrogen and oxygen atoms in total. The summed E-state index contributed by atoms with van der Waals surface area (Å²) in [6.45, 7) is 4.05. The Balaban J connectivity index is 2.04. The Morgan fingerprint density at radius 2 is 1.71 bits per heavy atom. The predicted octanol–water partition coefficient (Wildman–Crippen LogP) is 4.32. The maximum absolute atomic E-state index is 6.36. The van der Waals surface area contributed by atoms with Gasteiger partial charge in [0, 0.05) is 5.56 Å². The van der Waals surface area contributed by atoms with Gasteiger partial charge in [-0.2, -0.15) is 0 Å². The van der Waals surface area contributed by atoms with Crippen LogP contribution < -0.4 is 10.6 Å². The van der Waals surface area contributed by atoms with Gasteiger partial charge < -0.3 is 10.5 Å². The molecule has 1 unspecified atom stereocenters. The zero-order valence-electron chi connectivity index (χ0n) is 12.0. The molecule has 3 rings (SSSR count). The van der Waals surface area contributed by atoms with Crippen molar-refractivity contribution in [1.29, 1.82) is 0 Å². The third-order valence-corrected chi connectivity index (χ3v) is 3.90. The van der Waals surface area contributed by atoms with Gasteiger partial charge in [0.2, 0.25) is 0 Å². The second kappa shape index (κ2) is 5.34. The van der Waals surface area contributed by atoms with Crippen LogP contribution in [0.4, 0.5) is 11.4 Å². The number of halogens is 1. The highest BCUT2D eigenvalue weighted by Crippen LogP contribution is 2.39. The number of hydrogen-bond acceptors (Lipinski definition) is 3. The molecule has 2 aromatic rings. The summed E-state index contributed by atoms with van der Waals surface area (Å²) in [7, 11) is 0. The first kappa shape index (κ1) is 13.8. The number of alkyl halides is 1. The molecule has 0 saturated heterocycles. The molecule has 0 spiro atoms. The minimum absolute atomic E-state index is 0.592. The number of nitrogens with zero attached hydrogens (tertiary/aromatic N) is 1. The summed E-state index contributed by atoms with van der Waals surface area (Å²) in [5, 5.41) is 0. The minimum atomic E-state index is -0.592. The van der Waals surface area contributed by atoms with Crippen molar-refractivity contribution in [2.45, 2.75) is 19.5 Å². The molecule has 0 saturated carbocycles. The van der Waals surface area contributed by atoms with Gasteiger partial charge >= 0.3 is 0 Å². The van der Waals surface area contributed by atoms with Gasteiger partial charge in [-0.15, -0.1) is 0 Å². The van der Waals surface area contributed by atoms with E-state index >= 15 is 0 Å². The number of anilines is 2. The largest absolute Gasteiger partial charge is 0.454 e. The summed E-state index contributed by atoms with van der Waals surface area (Å²) in [6.07, 6.45) is 0. The maximum Gasteiger partial charge on any atom is 0.254 e. The number of nitrogen functional groups attached to an aromatic ring is 1. The monoisotopic (exact) mass is 300 g/mol. The average molecular weight is 301 g/mol. The number of hydrogen-bond donors (Lipinski definition) is 1. The average Bonchev–Trinajstić information content (AvgIpc) is 2.76. The van der Waals surface area contributed by atoms with Gasteiger partial charge in [-0.05, 0) is 26.0 Å². The quantitative estimate of drug-likeness (QED) is 0.510. The Kier molecular flexibility index (Phi) is 3.52. The lowest BCUT2D eigenvalue weighted by Gasteiger charge is -2.23. The lowest BCUT2D eigenvalue weighted by atomic mass is 10.1. The maximum atomic E-state index is 6.36. The molecular formula is C17H17ClN2O. The molecule has 0 aliphatic carbocycles. The highest BCUT2D eigenvalue weighted by molar-refractivity contribution is 6.22. The molecule has 0 aromatic heterocycles. The third kappa shape index (κ3) is 2.45. The minimum Gasteiger partial charge on any atom is -0.454 e. The zero-order valence-corrected chi connectivity index (χ0v) is 12.8. The molecule has 1 atom stereocenters. The number of para-hydroxylation sites is 2. The molecule has 1 aliphatic rings. The molecule has 0 bridgehead atoms. The van der Waals surface area contributed by atoms with Gasteiger partial charge in [0.15, 0.2) is 0 Å². The second-order valence-corrected chi connectivity index (χ2v) is 5.49. The van der Waals surface area contributed by atoms with Crippen LogP contribution in [0.3, 0.4) is 0 Å². The molecule has 1 heterocycles. The van der Waals surface area contributed by atoms with Crippen LogP contribution in [0.5, 0.6) is 0 Å². The first-order valence-electron chi connectivity index (χ1n) is 6.80. The molecule has 0 amide bonds. The molecular weight excluding hydrogens is 284 g/mol. The lowest BCUT2D eigenvalue weighted by Crippen LogP contribution is -2.25. The number of allylic oxidation sites excluding steroid dienone is 1. The van der Waals surface area contributed by atoms with Crippen LogP contribution in [0.15, 0.2) is 54.2 Å². The number of benzene rings is 2. The van der Waals surface area contributed by atoms with E-state index in [0.717, 1.165) is 22.7 Å². The number of nitrogens with two attached hydrogens (primary N) is 1. The smallest absolute Gasteiger partial charge is 0.254 e. The van der Waals surface area contributed by atoms with Gasteiger partial charge in [-0.25, -0.2) is 0 Å². The van der Waals surface area contributed by atoms with Crippen molar-refractivity contribution in [3.63, 3.8) is 0 Å². The summed E-state index contributed by atoms with van der Waals surface area (Å²) < 4.78 is 5.84. The summed E-state index contributed by atoms with van der Waals surface area (Å²) in [5.41, 5.74) is 10.2. The van der Waals surface area contributed by atoms with E-state index in [2.05, 4.69) is 19.1 Å². The SMILES string of the molecule is CC1=C(c2ccc(C)cc2)OC(Cl)N1c1ccccc1N. The Bertz CT molecular complexity index is 694. The predicted molar refractivity (Wildman–Crippen MR) is 87.8 cm³/mol. The first-order chi connectivity index (χ1) is 10.1. The van der Waals surface area contributed by atoms with Crippen LogP contribution in [0, 0.1) is 6.92 Å². The van der Waals surface area contributed by atoms with E-state index in [0.29, 0.717) is 5.69 Å². The van der Waals surface area contributed by atoms with E-state index < -0.39 is 5.69 Å². The number of aryl methyl sites for hydroxylation is 1. The zero-order chi connectivity index (χ0) is 15.0. The fraction of sp³-hybridized carbons (Fsp3) is 0.176. The molecule has 0 radical (unpaired) electrons. The number of ether oxygens (including phenoxy) is 1. The van der Waals surface area contributed by atoms with E-state index in [1.54, 1.807) is 0 Å². The van der Waals surface area contributed by atoms with Crippen molar-refractivity contribution in [2.75, 3.05) is 10.6 Å². The Morgan fingerprint density at radius 3 is 2.38 bits per heavy atom. The van der Waals surface area contributed by atoms with Crippen molar-refractivity contribution < 1.29 is 4.74 Å². The van der Waals surface area contributed by atoms with Gasteiger partial charge in [-0.3, -0.25) is 4.90 Å². The first-order valence-corrected chi connectivity index (χ1v) is 7.24. The topological polar surface area (TPSA) is 38.5 Å². The summed E-state index contributed by atoms with van der Waals surface area (Å²) in [6, 6.07) is 15.8. The molecule has 2 aromatic carbocycles. The Hall–Kier alpha value is -2.13. The van der Waals surface area contributed by atoms with Gasteiger partial charge in [-0.1, -0.05) is 53.6 Å². The molecule has 4 heteroatoms. The summed E-state index contributed by atoms with van der Waals surface area (Å²) in [4.78, 5) is 1.91. The van der Waals surface area contributed by atoms with E-state index in [1.165, 1.54) is 5.56 Å². The molecule has 108 valence electrons. The molecule has 0 fully saturated rings. The van der Waals surface area contributed by atoms with E-state index in [-0.39, 0.29) is 0 Å². The Morgan fingerprint density at radius 1 is 1.05 bits per heavy atom. The highest BCUT2D eigenvalue weighted by Gasteiger charge is 2.32. The Labute approximate surface area is 129 Å². The van der Waals surface area contributed by atoms with Crippen molar-refractivity contribution in [3.8, 4) is 0 Å². The highest BCUT2D eigenvalue weighted by atomic mass is 35.5. The van der Waals surface area contributed by atoms with Crippen LogP contribution in [0.2, 0.25) is 0 Å². The number of rotatable bonds is 2. The normalized spacial score (nSPS) is 18.0. The van der Waals surface area contributed by atoms with Crippen LogP contribution in [-0.2, 0) is 4.74 Å².